The van der Waals surface area contributed by atoms with E-state index in [4.69, 9.17) is 23.8 Å². The van der Waals surface area contributed by atoms with Gasteiger partial charge in [0.1, 0.15) is 18.4 Å². The number of carbonyl (C=O) groups excluding carboxylic acids is 1. The molecule has 0 spiro atoms. The van der Waals surface area contributed by atoms with Gasteiger partial charge in [-0.15, -0.1) is 0 Å². The molecule has 1 fully saturated rings. The molecule has 1 aliphatic heterocycles. The standard InChI is InChI=1S/C23H33N2O15P3S2/c1-13(2)12-44-45-15(4)16-7-5-6-8-17(16)22(27)38-18-9-20(25-10-14(3)21(26)24-23(25)28)37-19(18)11-36-42(32,33)40-43(34,35)39-41(29,30)31/h5-8,10,13,15,18-20H,9,11-12H2,1-4H3,(H,32,33)(H,34,35)(H,24,26,28)(H2,29,30,31)/t15?,18?,19-,20-/m1/s1. The maximum Gasteiger partial charge on any atom is 0.490 e. The molecule has 6 atom stereocenters. The Kier molecular flexibility index (Phi) is 13.1. The molecule has 3 rings (SSSR count). The van der Waals surface area contributed by atoms with Crippen LogP contribution in [0.4, 0.5) is 0 Å². The molecule has 1 aliphatic rings. The number of hydrogen-bond donors (Lipinski definition) is 5. The quantitative estimate of drug-likeness (QED) is 0.0991. The van der Waals surface area contributed by atoms with E-state index in [0.29, 0.717) is 11.5 Å². The molecule has 1 aromatic heterocycles. The van der Waals surface area contributed by atoms with E-state index in [2.05, 4.69) is 27.5 Å². The normalized spacial score (nSPS) is 22.1. The number of benzene rings is 1. The maximum atomic E-state index is 13.4. The van der Waals surface area contributed by atoms with E-state index in [0.717, 1.165) is 10.3 Å². The third kappa shape index (κ3) is 11.6. The molecule has 22 heteroatoms. The average Bonchev–Trinajstić information content (AvgIpc) is 3.29. The van der Waals surface area contributed by atoms with Crippen LogP contribution in [0.2, 0.25) is 0 Å². The highest BCUT2D eigenvalue weighted by Crippen LogP contribution is 2.66. The van der Waals surface area contributed by atoms with E-state index in [1.807, 2.05) is 6.92 Å². The van der Waals surface area contributed by atoms with Gasteiger partial charge in [0, 0.05) is 29.2 Å². The van der Waals surface area contributed by atoms with Crippen LogP contribution < -0.4 is 11.2 Å². The Morgan fingerprint density at radius 1 is 1.09 bits per heavy atom. The first kappa shape index (κ1) is 37.9. The Morgan fingerprint density at radius 2 is 1.76 bits per heavy atom. The van der Waals surface area contributed by atoms with Crippen LogP contribution in [0, 0.1) is 12.8 Å². The first-order valence-corrected chi connectivity index (χ1v) is 20.0. The van der Waals surface area contributed by atoms with Gasteiger partial charge in [0.25, 0.3) is 5.56 Å². The van der Waals surface area contributed by atoms with E-state index in [-0.39, 0.29) is 22.8 Å². The van der Waals surface area contributed by atoms with Gasteiger partial charge in [0.2, 0.25) is 0 Å². The van der Waals surface area contributed by atoms with Crippen molar-refractivity contribution >= 4 is 51.0 Å². The summed E-state index contributed by atoms with van der Waals surface area (Å²) in [6.07, 6.45) is -2.78. The van der Waals surface area contributed by atoms with Gasteiger partial charge in [0.05, 0.1) is 12.2 Å². The van der Waals surface area contributed by atoms with Crippen molar-refractivity contribution in [2.24, 2.45) is 5.92 Å². The monoisotopic (exact) mass is 734 g/mol. The second kappa shape index (κ2) is 15.6. The zero-order chi connectivity index (χ0) is 33.7. The number of ether oxygens (including phenoxy) is 2. The number of hydrogen-bond acceptors (Lipinski definition) is 13. The van der Waals surface area contributed by atoms with Crippen molar-refractivity contribution in [3.63, 3.8) is 0 Å². The van der Waals surface area contributed by atoms with E-state index < -0.39 is 65.7 Å². The first-order chi connectivity index (χ1) is 20.8. The summed E-state index contributed by atoms with van der Waals surface area (Å²) in [5, 5.41) is -0.117. The van der Waals surface area contributed by atoms with Crippen LogP contribution in [0.15, 0.2) is 40.1 Å². The average molecular weight is 735 g/mol. The molecule has 0 bridgehead atoms. The second-order valence-corrected chi connectivity index (χ2v) is 17.4. The molecule has 17 nitrogen and oxygen atoms in total. The number of nitrogens with one attached hydrogen (secondary N) is 1. The fourth-order valence-electron chi connectivity index (χ4n) is 3.98. The highest BCUT2D eigenvalue weighted by Gasteiger charge is 2.44. The highest BCUT2D eigenvalue weighted by molar-refractivity contribution is 8.76. The van der Waals surface area contributed by atoms with Crippen molar-refractivity contribution in [3.8, 4) is 0 Å². The molecule has 1 saturated heterocycles. The van der Waals surface area contributed by atoms with Gasteiger partial charge in [0.15, 0.2) is 0 Å². The third-order valence-corrected chi connectivity index (χ3v) is 12.9. The first-order valence-electron chi connectivity index (χ1n) is 13.1. The number of aryl methyl sites for hydroxylation is 1. The number of aromatic nitrogens is 2. The van der Waals surface area contributed by atoms with Crippen LogP contribution in [0.5, 0.6) is 0 Å². The Morgan fingerprint density at radius 3 is 2.40 bits per heavy atom. The van der Waals surface area contributed by atoms with Crippen molar-refractivity contribution in [3.05, 3.63) is 68.0 Å². The minimum Gasteiger partial charge on any atom is -0.456 e. The van der Waals surface area contributed by atoms with Gasteiger partial charge in [-0.25, -0.2) is 23.3 Å². The van der Waals surface area contributed by atoms with Gasteiger partial charge < -0.3 is 29.0 Å². The molecule has 45 heavy (non-hydrogen) atoms. The summed E-state index contributed by atoms with van der Waals surface area (Å²) in [7, 11) is -13.7. The summed E-state index contributed by atoms with van der Waals surface area (Å²) in [6, 6.07) is 6.74. The van der Waals surface area contributed by atoms with Gasteiger partial charge >= 0.3 is 35.1 Å². The minimum atomic E-state index is -5.79. The molecule has 4 unspecified atom stereocenters. The van der Waals surface area contributed by atoms with Gasteiger partial charge in [-0.3, -0.25) is 18.9 Å². The molecule has 0 radical (unpaired) electrons. The van der Waals surface area contributed by atoms with Crippen LogP contribution in [-0.4, -0.2) is 59.7 Å². The summed E-state index contributed by atoms with van der Waals surface area (Å²) in [4.78, 5) is 76.7. The predicted octanol–water partition coefficient (Wildman–Crippen LogP) is 3.80. The number of phosphoric ester groups is 1. The van der Waals surface area contributed by atoms with Crippen LogP contribution in [0.3, 0.4) is 0 Å². The van der Waals surface area contributed by atoms with Crippen LogP contribution in [-0.2, 0) is 36.3 Å². The van der Waals surface area contributed by atoms with E-state index in [9.17, 15) is 37.9 Å². The minimum absolute atomic E-state index is 0.117. The Bertz CT molecular complexity index is 1630. The number of nitrogens with zero attached hydrogens (tertiary/aromatic N) is 1. The summed E-state index contributed by atoms with van der Waals surface area (Å²) in [6.45, 7) is 6.60. The van der Waals surface area contributed by atoms with Crippen molar-refractivity contribution in [1.29, 1.82) is 0 Å². The number of phosphoric acid groups is 3. The Hall–Kier alpha value is -1.56. The predicted molar refractivity (Wildman–Crippen MR) is 163 cm³/mol. The van der Waals surface area contributed by atoms with Crippen LogP contribution >= 0.6 is 45.1 Å². The molecule has 0 amide bonds. The zero-order valence-electron chi connectivity index (χ0n) is 24.3. The van der Waals surface area contributed by atoms with Crippen molar-refractivity contribution in [2.45, 2.75) is 57.8 Å². The molecule has 2 heterocycles. The fourth-order valence-corrected chi connectivity index (χ4v) is 9.85. The molecule has 0 aliphatic carbocycles. The molecule has 252 valence electrons. The largest absolute Gasteiger partial charge is 0.490 e. The lowest BCUT2D eigenvalue weighted by molar-refractivity contribution is -0.0512. The highest BCUT2D eigenvalue weighted by atomic mass is 33.1. The Labute approximate surface area is 264 Å². The Balaban J connectivity index is 1.84. The number of carbonyl (C=O) groups is 1. The van der Waals surface area contributed by atoms with Crippen molar-refractivity contribution < 1.29 is 60.7 Å². The molecule has 5 N–H and O–H groups in total. The maximum absolute atomic E-state index is 13.4. The molecular weight excluding hydrogens is 701 g/mol. The lowest BCUT2D eigenvalue weighted by atomic mass is 10.0. The van der Waals surface area contributed by atoms with Gasteiger partial charge in [-0.2, -0.15) is 8.62 Å². The summed E-state index contributed by atoms with van der Waals surface area (Å²) in [5.74, 6) is 0.573. The van der Waals surface area contributed by atoms with E-state index in [1.54, 1.807) is 45.9 Å². The molecule has 2 aromatic rings. The number of rotatable bonds is 15. The second-order valence-electron chi connectivity index (χ2n) is 10.2. The molecular formula is C23H33N2O15P3S2. The van der Waals surface area contributed by atoms with Gasteiger partial charge in [-0.1, -0.05) is 53.6 Å². The zero-order valence-corrected chi connectivity index (χ0v) is 28.6. The topological polar surface area (TPSA) is 250 Å². The fraction of sp³-hybridized carbons (Fsp3) is 0.522. The summed E-state index contributed by atoms with van der Waals surface area (Å²) < 4.78 is 59.7. The van der Waals surface area contributed by atoms with Crippen molar-refractivity contribution in [1.82, 2.24) is 9.55 Å². The van der Waals surface area contributed by atoms with E-state index >= 15 is 0 Å². The number of esters is 1. The smallest absolute Gasteiger partial charge is 0.456 e. The van der Waals surface area contributed by atoms with E-state index in [1.165, 1.54) is 13.1 Å². The number of aromatic amines is 1. The number of H-pyrrole nitrogens is 1. The summed E-state index contributed by atoms with van der Waals surface area (Å²) in [5.41, 5.74) is -0.439. The van der Waals surface area contributed by atoms with Crippen molar-refractivity contribution in [2.75, 3.05) is 12.4 Å². The van der Waals surface area contributed by atoms with Gasteiger partial charge in [-0.05, 0) is 31.4 Å². The SMILES string of the molecule is Cc1cn([C@H]2CC(OC(=O)c3ccccc3C(C)SSCC(C)C)[C@@H](COP(=O)(O)OP(=O)(O)OP(=O)(O)O)O2)c(=O)[nH]c1=O. The lowest BCUT2D eigenvalue weighted by Gasteiger charge is -2.22. The third-order valence-electron chi connectivity index (χ3n) is 5.95. The lowest BCUT2D eigenvalue weighted by Crippen LogP contribution is -2.33. The van der Waals surface area contributed by atoms with Crippen LogP contribution in [0.1, 0.15) is 60.2 Å². The molecule has 1 aromatic carbocycles. The summed E-state index contributed by atoms with van der Waals surface area (Å²) >= 11 is 0. The van der Waals surface area contributed by atoms with Crippen LogP contribution in [0.25, 0.3) is 0 Å². The molecule has 0 saturated carbocycles.